The van der Waals surface area contributed by atoms with Gasteiger partial charge in [0.15, 0.2) is 0 Å². The molecule has 0 fully saturated rings. The van der Waals surface area contributed by atoms with Crippen molar-refractivity contribution in [3.63, 3.8) is 0 Å². The Bertz CT molecular complexity index is 31.8. The summed E-state index contributed by atoms with van der Waals surface area (Å²) in [6, 6.07) is 0. The highest BCUT2D eigenvalue weighted by Crippen LogP contribution is 1.47. The summed E-state index contributed by atoms with van der Waals surface area (Å²) < 4.78 is 14.9. The minimum absolute atomic E-state index is 0. The van der Waals surface area contributed by atoms with Crippen molar-refractivity contribution in [2.24, 2.45) is 0 Å². The summed E-state index contributed by atoms with van der Waals surface area (Å²) in [6.45, 7) is 0. The van der Waals surface area contributed by atoms with Gasteiger partial charge < -0.3 is 20.7 Å². The van der Waals surface area contributed by atoms with Crippen LogP contribution < -0.4 is 6.15 Å². The quantitative estimate of drug-likeness (QED) is 0.408. The predicted molar refractivity (Wildman–Crippen MR) is 28.6 cm³/mol. The molecule has 0 aromatic heterocycles. The van der Waals surface area contributed by atoms with Gasteiger partial charge >= 0.3 is 0 Å². The molecule has 0 amide bonds. The molecule has 0 heterocycles. The Morgan fingerprint density at radius 2 is 1.33 bits per heavy atom. The third kappa shape index (κ3) is 305. The van der Waals surface area contributed by atoms with Crippen molar-refractivity contribution >= 4 is 21.2 Å². The topological polar surface area (TPSA) is 107 Å². The zero-order chi connectivity index (χ0) is 3.58. The highest BCUT2D eigenvalue weighted by atomic mass is 32.8. The number of hydrogen-bond donors (Lipinski definition) is 3. The summed E-state index contributed by atoms with van der Waals surface area (Å²) in [4.78, 5) is 0. The molecule has 0 aliphatic carbocycles. The normalized spacial score (nSPS) is 5.83. The van der Waals surface area contributed by atoms with Crippen LogP contribution in [0.25, 0.3) is 0 Å². The van der Waals surface area contributed by atoms with Crippen molar-refractivity contribution in [1.82, 2.24) is 6.15 Å². The van der Waals surface area contributed by atoms with E-state index in [1.165, 1.54) is 0 Å². The van der Waals surface area contributed by atoms with Crippen molar-refractivity contribution < 1.29 is 14.6 Å². The molecule has 0 unspecified atom stereocenters. The minimum Gasteiger partial charge on any atom is -0.412 e. The molecule has 0 aliphatic rings. The summed E-state index contributed by atoms with van der Waals surface area (Å²) in [5.74, 6) is 0. The lowest BCUT2D eigenvalue weighted by atomic mass is 14.0. The van der Waals surface area contributed by atoms with E-state index in [2.05, 4.69) is 11.2 Å². The van der Waals surface area contributed by atoms with Gasteiger partial charge in [-0.05, 0) is 0 Å². The number of rotatable bonds is 0. The van der Waals surface area contributed by atoms with E-state index in [-0.39, 0.29) is 11.6 Å². The van der Waals surface area contributed by atoms with Crippen molar-refractivity contribution in [3.05, 3.63) is 0 Å². The Morgan fingerprint density at radius 1 is 1.33 bits per heavy atom. The van der Waals surface area contributed by atoms with Gasteiger partial charge in [-0.1, -0.05) is 0 Å². The fourth-order valence-electron chi connectivity index (χ4n) is 0. The monoisotopic (exact) mass is 133 g/mol. The van der Waals surface area contributed by atoms with Gasteiger partial charge in [0, 0.05) is 11.2 Å². The smallest absolute Gasteiger partial charge is 0.143 e. The first kappa shape index (κ1) is 16.1. The van der Waals surface area contributed by atoms with Gasteiger partial charge in [0.25, 0.3) is 0 Å². The fraction of sp³-hybridized carbons (Fsp3) is 0. The molecule has 0 bridgehead atoms. The average molecular weight is 133 g/mol. The van der Waals surface area contributed by atoms with Crippen LogP contribution in [0.3, 0.4) is 0 Å². The van der Waals surface area contributed by atoms with Crippen molar-refractivity contribution in [2.45, 2.75) is 0 Å². The lowest BCUT2D eigenvalue weighted by Gasteiger charge is -1.65. The Hall–Kier alpha value is 0.410. The van der Waals surface area contributed by atoms with E-state index in [4.69, 9.17) is 9.11 Å². The lowest BCUT2D eigenvalue weighted by molar-refractivity contribution is 0.529. The highest BCUT2D eigenvalue weighted by molar-refractivity contribution is 8.22. The van der Waals surface area contributed by atoms with Crippen LogP contribution in [-0.4, -0.2) is 14.6 Å². The summed E-state index contributed by atoms with van der Waals surface area (Å²) in [6.07, 6.45) is 0. The van der Waals surface area contributed by atoms with Gasteiger partial charge in [-0.15, -0.1) is 0 Å². The third-order valence-corrected chi connectivity index (χ3v) is 0. The summed E-state index contributed by atoms with van der Waals surface area (Å²) >= 11 is 3.76. The van der Waals surface area contributed by atoms with Crippen LogP contribution in [0.4, 0.5) is 0 Å². The zero-order valence-corrected chi connectivity index (χ0v) is 4.55. The van der Waals surface area contributed by atoms with Gasteiger partial charge in [-0.25, -0.2) is 0 Å². The van der Waals surface area contributed by atoms with E-state index >= 15 is 0 Å². The molecule has 4 nitrogen and oxygen atoms in total. The molecule has 0 aliphatic heterocycles. The van der Waals surface area contributed by atoms with Crippen LogP contribution in [-0.2, 0) is 21.2 Å². The van der Waals surface area contributed by atoms with Crippen molar-refractivity contribution in [1.29, 1.82) is 0 Å². The van der Waals surface area contributed by atoms with Crippen LogP contribution in [0, 0.1) is 0 Å². The van der Waals surface area contributed by atoms with Crippen molar-refractivity contribution in [3.8, 4) is 0 Å². The van der Waals surface area contributed by atoms with Crippen LogP contribution >= 0.6 is 0 Å². The maximum absolute atomic E-state index is 7.45. The Morgan fingerprint density at radius 3 is 1.33 bits per heavy atom. The average Bonchev–Trinajstić information content (AvgIpc) is 0.811. The summed E-state index contributed by atoms with van der Waals surface area (Å²) in [5, 5.41) is 0. The second-order valence-corrected chi connectivity index (χ2v) is 1.59. The second kappa shape index (κ2) is 9.05. The van der Waals surface area contributed by atoms with Gasteiger partial charge in [-0.3, -0.25) is 0 Å². The molecule has 0 spiro atoms. The zero-order valence-electron chi connectivity index (χ0n) is 2.92. The van der Waals surface area contributed by atoms with Gasteiger partial charge in [0.2, 0.25) is 0 Å². The molecular formula is H7NO3S2. The van der Waals surface area contributed by atoms with Crippen molar-refractivity contribution in [2.75, 3.05) is 0 Å². The Balaban J connectivity index is -0.0000000450. The molecule has 6 heteroatoms. The van der Waals surface area contributed by atoms with Crippen LogP contribution in [0.1, 0.15) is 0 Å². The third-order valence-electron chi connectivity index (χ3n) is 0. The van der Waals surface area contributed by atoms with Gasteiger partial charge in [-0.2, -0.15) is 0 Å². The first-order chi connectivity index (χ1) is 1.73. The summed E-state index contributed by atoms with van der Waals surface area (Å²) in [5.41, 5.74) is 0. The fourth-order valence-corrected chi connectivity index (χ4v) is 0. The lowest BCUT2D eigenvalue weighted by Crippen LogP contribution is -1.71. The van der Waals surface area contributed by atoms with Gasteiger partial charge in [0.05, 0.1) is 0 Å². The first-order valence-electron chi connectivity index (χ1n) is 0.532. The molecule has 0 saturated heterocycles. The maximum Gasteiger partial charge on any atom is 0.143 e. The van der Waals surface area contributed by atoms with E-state index in [0.717, 1.165) is 0 Å². The van der Waals surface area contributed by atoms with E-state index in [0.29, 0.717) is 0 Å². The molecule has 42 valence electrons. The molecule has 0 radical (unpaired) electrons. The molecule has 0 aromatic rings. The highest BCUT2D eigenvalue weighted by Gasteiger charge is 1.55. The molecule has 0 rings (SSSR count). The molecule has 0 atom stereocenters. The Labute approximate surface area is 42.7 Å². The molecular weight excluding hydrogens is 126 g/mol. The van der Waals surface area contributed by atoms with Crippen LogP contribution in [0.2, 0.25) is 0 Å². The van der Waals surface area contributed by atoms with Crippen LogP contribution in [0.15, 0.2) is 0 Å². The van der Waals surface area contributed by atoms with Crippen LogP contribution in [0.5, 0.6) is 0 Å². The van der Waals surface area contributed by atoms with Gasteiger partial charge in [0.1, 0.15) is 10.0 Å². The first-order valence-corrected chi connectivity index (χ1v) is 2.60. The van der Waals surface area contributed by atoms with E-state index in [9.17, 15) is 0 Å². The van der Waals surface area contributed by atoms with E-state index in [1.54, 1.807) is 0 Å². The summed E-state index contributed by atoms with van der Waals surface area (Å²) in [7, 11) is -1.78. The number of hydrogen-bond acceptors (Lipinski definition) is 2. The molecule has 6 heavy (non-hydrogen) atoms. The molecule has 0 saturated carbocycles. The Kier molecular flexibility index (Phi) is 24.3. The second-order valence-electron chi connectivity index (χ2n) is 0.231. The SMILES string of the molecule is N.O.OS(O)=S. The largest absolute Gasteiger partial charge is 0.412 e. The van der Waals surface area contributed by atoms with E-state index in [1.807, 2.05) is 0 Å². The molecule has 7 N–H and O–H groups in total. The standard InChI is InChI=1S/H3N.H2O2S2.H2O/c;1-4(2)3;/h1H3;(H2,1,2,3);1H2. The minimum atomic E-state index is -1.78. The predicted octanol–water partition coefficient (Wildman–Crippen LogP) is -0.650. The molecule has 0 aromatic carbocycles. The maximum atomic E-state index is 7.45. The van der Waals surface area contributed by atoms with E-state index < -0.39 is 10.0 Å².